The SMILES string of the molecule is CC(C)(C)c1cccc(-c2c3nc(c(-c4cccc(C(C)(C)C)c4)c4[nH]c(nc5nc(nc6[nH]c2c2cc7ccccc7cc62)-c2cc6ccccc6cc2-5)c2cc5ccccc5cc42)-c2cc4ccccc4cc2-3)c1. The van der Waals surface area contributed by atoms with E-state index in [1.165, 1.54) is 11.1 Å². The molecule has 2 aliphatic rings. The quantitative estimate of drug-likeness (QED) is 0.181. The van der Waals surface area contributed by atoms with Crippen molar-refractivity contribution in [2.45, 2.75) is 52.4 Å². The van der Waals surface area contributed by atoms with E-state index in [9.17, 15) is 0 Å². The fraction of sp³-hybridized carbons (Fsp3) is 0.114. The molecule has 2 N–H and O–H groups in total. The first kappa shape index (κ1) is 44.2. The Balaban J connectivity index is 1.24. The van der Waals surface area contributed by atoms with Crippen molar-refractivity contribution >= 4 is 87.0 Å². The van der Waals surface area contributed by atoms with E-state index in [4.69, 9.17) is 19.9 Å². The average molecular weight is 977 g/mol. The molecule has 0 saturated heterocycles. The summed E-state index contributed by atoms with van der Waals surface area (Å²) in [5.74, 6) is 1.20. The van der Waals surface area contributed by atoms with Crippen LogP contribution in [0.15, 0.2) is 194 Å². The smallest absolute Gasteiger partial charge is 0.164 e. The van der Waals surface area contributed by atoms with Crippen LogP contribution in [0.1, 0.15) is 52.7 Å². The highest BCUT2D eigenvalue weighted by Crippen LogP contribution is 2.50. The topological polar surface area (TPSA) is 83.1 Å². The Morgan fingerprint density at radius 2 is 0.632 bits per heavy atom. The van der Waals surface area contributed by atoms with Crippen molar-refractivity contribution in [3.8, 4) is 67.5 Å². The Morgan fingerprint density at radius 3 is 0.987 bits per heavy atom. The number of hydrogen-bond donors (Lipinski definition) is 2. The van der Waals surface area contributed by atoms with E-state index < -0.39 is 0 Å². The molecule has 6 nitrogen and oxygen atoms in total. The van der Waals surface area contributed by atoms with Gasteiger partial charge in [0.1, 0.15) is 11.3 Å². The molecule has 0 amide bonds. The third kappa shape index (κ3) is 6.94. The van der Waals surface area contributed by atoms with Crippen LogP contribution in [0.2, 0.25) is 0 Å². The van der Waals surface area contributed by atoms with Gasteiger partial charge in [0.15, 0.2) is 11.6 Å². The molecule has 0 fully saturated rings. The van der Waals surface area contributed by atoms with Crippen molar-refractivity contribution in [2.24, 2.45) is 0 Å². The van der Waals surface area contributed by atoms with E-state index >= 15 is 0 Å². The minimum absolute atomic E-state index is 0.126. The molecule has 15 rings (SSSR count). The molecule has 5 heterocycles. The summed E-state index contributed by atoms with van der Waals surface area (Å²) in [6.07, 6.45) is 0. The van der Waals surface area contributed by atoms with Crippen LogP contribution in [0, 0.1) is 0 Å². The normalized spacial score (nSPS) is 12.6. The molecule has 76 heavy (non-hydrogen) atoms. The predicted octanol–water partition coefficient (Wildman–Crippen LogP) is 18.6. The van der Waals surface area contributed by atoms with Crippen molar-refractivity contribution in [1.82, 2.24) is 29.9 Å². The first-order chi connectivity index (χ1) is 36.9. The Hall–Kier alpha value is -9.26. The molecule has 8 bridgehead atoms. The maximum absolute atomic E-state index is 6.15. The lowest BCUT2D eigenvalue weighted by Crippen LogP contribution is -2.10. The largest absolute Gasteiger partial charge is 0.339 e. The van der Waals surface area contributed by atoms with Gasteiger partial charge in [-0.25, -0.2) is 19.9 Å². The van der Waals surface area contributed by atoms with Gasteiger partial charge in [-0.1, -0.05) is 187 Å². The van der Waals surface area contributed by atoms with Crippen molar-refractivity contribution < 1.29 is 0 Å². The molecule has 6 heteroatoms. The number of benzene rings is 10. The zero-order chi connectivity index (χ0) is 51.2. The van der Waals surface area contributed by atoms with Gasteiger partial charge in [-0.2, -0.15) is 0 Å². The number of nitrogens with one attached hydrogen (secondary N) is 2. The van der Waals surface area contributed by atoms with Crippen molar-refractivity contribution in [3.05, 3.63) is 205 Å². The summed E-state index contributed by atoms with van der Waals surface area (Å²) in [6.45, 7) is 13.7. The highest BCUT2D eigenvalue weighted by atomic mass is 15.0. The number of aromatic amines is 2. The first-order valence-electron chi connectivity index (χ1n) is 26.4. The molecule has 0 radical (unpaired) electrons. The highest BCUT2D eigenvalue weighted by molar-refractivity contribution is 6.20. The van der Waals surface area contributed by atoms with Crippen LogP contribution in [0.25, 0.3) is 155 Å². The van der Waals surface area contributed by atoms with Gasteiger partial charge in [-0.15, -0.1) is 0 Å². The second-order valence-corrected chi connectivity index (χ2v) is 22.9. The van der Waals surface area contributed by atoms with Crippen LogP contribution in [0.5, 0.6) is 0 Å². The molecule has 0 aliphatic carbocycles. The van der Waals surface area contributed by atoms with E-state index in [0.717, 1.165) is 143 Å². The second kappa shape index (κ2) is 16.1. The van der Waals surface area contributed by atoms with E-state index in [1.807, 2.05) is 0 Å². The molecule has 3 aromatic heterocycles. The Kier molecular flexibility index (Phi) is 9.38. The fourth-order valence-corrected chi connectivity index (χ4v) is 11.9. The zero-order valence-corrected chi connectivity index (χ0v) is 43.3. The monoisotopic (exact) mass is 976 g/mol. The summed E-state index contributed by atoms with van der Waals surface area (Å²) in [6, 6.07) is 71.0. The van der Waals surface area contributed by atoms with Crippen LogP contribution in [0.4, 0.5) is 0 Å². The van der Waals surface area contributed by atoms with Crippen LogP contribution in [0.3, 0.4) is 0 Å². The average Bonchev–Trinajstić information content (AvgIpc) is 4.29. The summed E-state index contributed by atoms with van der Waals surface area (Å²) in [5, 5.41) is 13.2. The first-order valence-corrected chi connectivity index (χ1v) is 26.4. The van der Waals surface area contributed by atoms with Gasteiger partial charge in [0.2, 0.25) is 0 Å². The predicted molar refractivity (Wildman–Crippen MR) is 319 cm³/mol. The van der Waals surface area contributed by atoms with Gasteiger partial charge in [0.05, 0.1) is 22.4 Å². The van der Waals surface area contributed by atoms with Crippen LogP contribution in [-0.4, -0.2) is 29.9 Å². The summed E-state index contributed by atoms with van der Waals surface area (Å²) >= 11 is 0. The lowest BCUT2D eigenvalue weighted by atomic mass is 9.84. The summed E-state index contributed by atoms with van der Waals surface area (Å²) in [4.78, 5) is 31.0. The zero-order valence-electron chi connectivity index (χ0n) is 43.3. The molecule has 362 valence electrons. The minimum Gasteiger partial charge on any atom is -0.339 e. The number of aromatic nitrogens is 6. The summed E-state index contributed by atoms with van der Waals surface area (Å²) in [5.41, 5.74) is 15.4. The molecule has 0 spiro atoms. The summed E-state index contributed by atoms with van der Waals surface area (Å²) in [7, 11) is 0. The second-order valence-electron chi connectivity index (χ2n) is 22.9. The highest BCUT2D eigenvalue weighted by Gasteiger charge is 2.30. The maximum atomic E-state index is 6.15. The molecule has 2 aliphatic heterocycles. The van der Waals surface area contributed by atoms with Gasteiger partial charge in [-0.05, 0) is 125 Å². The van der Waals surface area contributed by atoms with E-state index in [1.54, 1.807) is 0 Å². The van der Waals surface area contributed by atoms with Crippen LogP contribution >= 0.6 is 0 Å². The standard InChI is InChI=1S/C70H52N6/c1-69(2,3)49-27-15-25-47(29-49)59-61-51-31-39-17-7-8-18-40(39)32-52(51)62(71-61)60(48-26-16-28-50(30-48)70(4,5)6)64-54-34-42-20-10-12-22-44(42)36-56(54)66(73-64)75-68-58-38-46-24-14-13-23-45(46)37-57(58)67(76-68)74-65-55-35-43-21-11-9-19-41(43)33-53(55)63(59)72-65/h7-38H,1-6H3,(H2,72,73,74,75,76). The number of hydrogen-bond acceptors (Lipinski definition) is 4. The number of nitrogens with zero attached hydrogens (tertiary/aromatic N) is 4. The number of rotatable bonds is 2. The van der Waals surface area contributed by atoms with Gasteiger partial charge in [0, 0.05) is 54.9 Å². The molecule has 10 aromatic carbocycles. The van der Waals surface area contributed by atoms with Gasteiger partial charge in [-0.3, -0.25) is 0 Å². The van der Waals surface area contributed by atoms with Crippen molar-refractivity contribution in [3.63, 3.8) is 0 Å². The van der Waals surface area contributed by atoms with Crippen molar-refractivity contribution in [1.29, 1.82) is 0 Å². The maximum Gasteiger partial charge on any atom is 0.164 e. The van der Waals surface area contributed by atoms with Gasteiger partial charge < -0.3 is 9.97 Å². The third-order valence-electron chi connectivity index (χ3n) is 16.0. The van der Waals surface area contributed by atoms with Crippen molar-refractivity contribution in [2.75, 3.05) is 0 Å². The molecular weight excluding hydrogens is 925 g/mol. The third-order valence-corrected chi connectivity index (χ3v) is 16.0. The molecule has 13 aromatic rings. The molecule has 0 unspecified atom stereocenters. The van der Waals surface area contributed by atoms with E-state index in [0.29, 0.717) is 11.6 Å². The molecule has 0 atom stereocenters. The van der Waals surface area contributed by atoms with Crippen LogP contribution < -0.4 is 0 Å². The molecule has 0 saturated carbocycles. The number of H-pyrrole nitrogens is 2. The van der Waals surface area contributed by atoms with Gasteiger partial charge in [0.25, 0.3) is 0 Å². The lowest BCUT2D eigenvalue weighted by Gasteiger charge is -2.20. The van der Waals surface area contributed by atoms with Crippen LogP contribution in [-0.2, 0) is 10.8 Å². The Labute approximate surface area is 439 Å². The number of fused-ring (bicyclic) bond motifs is 24. The van der Waals surface area contributed by atoms with Gasteiger partial charge >= 0.3 is 0 Å². The molecular formula is C70H52N6. The fourth-order valence-electron chi connectivity index (χ4n) is 11.9. The Bertz CT molecular complexity index is 4550. The Morgan fingerprint density at radius 1 is 0.303 bits per heavy atom. The van der Waals surface area contributed by atoms with E-state index in [-0.39, 0.29) is 10.8 Å². The summed E-state index contributed by atoms with van der Waals surface area (Å²) < 4.78 is 0. The van der Waals surface area contributed by atoms with E-state index in [2.05, 4.69) is 246 Å². The minimum atomic E-state index is -0.126. The lowest BCUT2D eigenvalue weighted by molar-refractivity contribution is 0.590.